The largest absolute Gasteiger partial charge is 0.440 e. The number of rotatable bonds is 12. The van der Waals surface area contributed by atoms with Crippen LogP contribution in [-0.4, -0.2) is 91.6 Å². The van der Waals surface area contributed by atoms with Crippen LogP contribution in [0.5, 0.6) is 0 Å². The van der Waals surface area contributed by atoms with Crippen molar-refractivity contribution in [3.8, 4) is 23.9 Å². The summed E-state index contributed by atoms with van der Waals surface area (Å²) in [6.45, 7) is 3.24. The highest BCUT2D eigenvalue weighted by Gasteiger charge is 2.43. The minimum absolute atomic E-state index is 0.00161. The molecule has 1 saturated carbocycles. The standard InChI is InChI=1S/C45H56N6O6/c1-29(46-2)42(52)48-39(30-15-5-3-6-16-30)45(55)51-24-14-22-36(51)44(54)50-41-34-20-10-8-18-32(34)28-38(41)57-26-12-4-11-25-56-37-27-31-17-7-9-19-33(31)40(37)49-43(53)35-21-13-23-47-35/h7-10,17-20,29-30,35-41,46-47H,3,5-6,13-16,21-25,27-28H2,1-2H3,(H,48,52)(H,49,53)(H,50,54)/t29-,35-,36-,37+,38+,39-,40-,41-/m0/s1. The highest BCUT2D eigenvalue weighted by molar-refractivity contribution is 5.94. The minimum atomic E-state index is -0.664. The zero-order chi connectivity index (χ0) is 39.7. The van der Waals surface area contributed by atoms with E-state index in [0.717, 1.165) is 73.7 Å². The number of nitrogens with one attached hydrogen (secondary N) is 5. The Morgan fingerprint density at radius 3 is 2.21 bits per heavy atom. The van der Waals surface area contributed by atoms with Crippen LogP contribution < -0.4 is 26.6 Å². The molecule has 57 heavy (non-hydrogen) atoms. The number of hydrogen-bond acceptors (Lipinski definition) is 8. The van der Waals surface area contributed by atoms with Crippen LogP contribution in [0.4, 0.5) is 0 Å². The van der Waals surface area contributed by atoms with Gasteiger partial charge in [-0.2, -0.15) is 0 Å². The van der Waals surface area contributed by atoms with Gasteiger partial charge < -0.3 is 41.0 Å². The van der Waals surface area contributed by atoms with Crippen molar-refractivity contribution in [3.63, 3.8) is 0 Å². The van der Waals surface area contributed by atoms with Gasteiger partial charge in [0.05, 0.1) is 30.3 Å². The number of ether oxygens (including phenoxy) is 2. The van der Waals surface area contributed by atoms with E-state index in [0.29, 0.717) is 32.2 Å². The van der Waals surface area contributed by atoms with E-state index in [4.69, 9.17) is 9.47 Å². The fraction of sp³-hybridized carbons (Fsp3) is 0.556. The van der Waals surface area contributed by atoms with Gasteiger partial charge in [-0.25, -0.2) is 0 Å². The molecule has 2 aromatic rings. The number of likely N-dealkylation sites (N-methyl/N-ethyl adjacent to an activating group) is 1. The predicted molar refractivity (Wildman–Crippen MR) is 215 cm³/mol. The monoisotopic (exact) mass is 776 g/mol. The van der Waals surface area contributed by atoms with E-state index in [1.54, 1.807) is 18.9 Å². The Morgan fingerprint density at radius 1 is 0.825 bits per heavy atom. The molecule has 2 heterocycles. The molecule has 3 aliphatic carbocycles. The van der Waals surface area contributed by atoms with Crippen molar-refractivity contribution in [1.29, 1.82) is 0 Å². The third kappa shape index (κ3) is 9.47. The number of fused-ring (bicyclic) bond motifs is 2. The first kappa shape index (κ1) is 40.3. The summed E-state index contributed by atoms with van der Waals surface area (Å²) in [4.78, 5) is 55.9. The van der Waals surface area contributed by atoms with E-state index >= 15 is 0 Å². The highest BCUT2D eigenvalue weighted by atomic mass is 16.5. The molecule has 0 aromatic heterocycles. The Kier molecular flexibility index (Phi) is 13.5. The second kappa shape index (κ2) is 19.0. The van der Waals surface area contributed by atoms with Crippen molar-refractivity contribution < 1.29 is 28.7 Å². The van der Waals surface area contributed by atoms with Crippen LogP contribution in [-0.2, 0) is 41.5 Å². The van der Waals surface area contributed by atoms with Crippen molar-refractivity contribution >= 4 is 23.6 Å². The molecular formula is C45H56N6O6. The quantitative estimate of drug-likeness (QED) is 0.207. The molecule has 8 atom stereocenters. The average Bonchev–Trinajstić information content (AvgIpc) is 4.07. The zero-order valence-corrected chi connectivity index (χ0v) is 33.1. The summed E-state index contributed by atoms with van der Waals surface area (Å²) in [7, 11) is 1.72. The molecule has 302 valence electrons. The molecule has 2 aromatic carbocycles. The summed E-state index contributed by atoms with van der Waals surface area (Å²) in [5, 5.41) is 15.7. The Labute approximate surface area is 336 Å². The molecule has 5 N–H and O–H groups in total. The van der Waals surface area contributed by atoms with Gasteiger partial charge in [0, 0.05) is 25.3 Å². The highest BCUT2D eigenvalue weighted by Crippen LogP contribution is 2.35. The van der Waals surface area contributed by atoms with Crippen LogP contribution >= 0.6 is 0 Å². The third-order valence-electron chi connectivity index (χ3n) is 12.5. The summed E-state index contributed by atoms with van der Waals surface area (Å²) in [5.41, 5.74) is 4.26. The normalized spacial score (nSPS) is 26.1. The van der Waals surface area contributed by atoms with Crippen molar-refractivity contribution in [2.75, 3.05) is 26.7 Å². The molecular weight excluding hydrogens is 721 g/mol. The van der Waals surface area contributed by atoms with E-state index in [1.807, 2.05) is 42.5 Å². The molecule has 2 saturated heterocycles. The van der Waals surface area contributed by atoms with Gasteiger partial charge in [0.2, 0.25) is 23.6 Å². The van der Waals surface area contributed by atoms with Gasteiger partial charge in [0.15, 0.2) is 0 Å². The van der Waals surface area contributed by atoms with E-state index in [-0.39, 0.29) is 54.3 Å². The smallest absolute Gasteiger partial charge is 0.246 e. The maximum Gasteiger partial charge on any atom is 0.246 e. The average molecular weight is 777 g/mol. The maximum absolute atomic E-state index is 14.2. The van der Waals surface area contributed by atoms with Crippen LogP contribution in [0.25, 0.3) is 0 Å². The van der Waals surface area contributed by atoms with Crippen LogP contribution in [0.3, 0.4) is 0 Å². The minimum Gasteiger partial charge on any atom is -0.440 e. The Morgan fingerprint density at radius 2 is 1.51 bits per heavy atom. The summed E-state index contributed by atoms with van der Waals surface area (Å²) in [6, 6.07) is 13.4. The lowest BCUT2D eigenvalue weighted by atomic mass is 9.83. The molecule has 7 rings (SSSR count). The maximum atomic E-state index is 14.2. The first-order chi connectivity index (χ1) is 27.8. The van der Waals surface area contributed by atoms with Gasteiger partial charge >= 0.3 is 0 Å². The predicted octanol–water partition coefficient (Wildman–Crippen LogP) is 2.96. The van der Waals surface area contributed by atoms with Gasteiger partial charge in [-0.05, 0) is 93.1 Å². The molecule has 2 aliphatic heterocycles. The first-order valence-corrected chi connectivity index (χ1v) is 20.8. The Balaban J connectivity index is 0.966. The summed E-state index contributed by atoms with van der Waals surface area (Å²) in [6.07, 6.45) is 11.3. The second-order valence-corrected chi connectivity index (χ2v) is 16.0. The second-order valence-electron chi connectivity index (χ2n) is 16.0. The molecule has 3 fully saturated rings. The van der Waals surface area contributed by atoms with Crippen LogP contribution in [0.15, 0.2) is 48.5 Å². The van der Waals surface area contributed by atoms with Gasteiger partial charge in [0.25, 0.3) is 0 Å². The van der Waals surface area contributed by atoms with E-state index < -0.39 is 30.3 Å². The number of amides is 4. The topological polar surface area (TPSA) is 150 Å². The molecule has 0 spiro atoms. The Hall–Kier alpha value is -4.88. The van der Waals surface area contributed by atoms with Crippen molar-refractivity contribution in [2.24, 2.45) is 5.92 Å². The van der Waals surface area contributed by atoms with E-state index in [1.165, 1.54) is 0 Å². The molecule has 5 aliphatic rings. The van der Waals surface area contributed by atoms with Crippen molar-refractivity contribution in [3.05, 3.63) is 70.8 Å². The molecule has 0 unspecified atom stereocenters. The number of carbonyl (C=O) groups excluding carboxylic acids is 4. The summed E-state index contributed by atoms with van der Waals surface area (Å²) < 4.78 is 12.2. The number of nitrogens with zero attached hydrogens (tertiary/aromatic N) is 1. The number of likely N-dealkylation sites (tertiary alicyclic amines) is 1. The summed E-state index contributed by atoms with van der Waals surface area (Å²) >= 11 is 0. The fourth-order valence-electron chi connectivity index (χ4n) is 9.23. The molecule has 12 nitrogen and oxygen atoms in total. The summed E-state index contributed by atoms with van der Waals surface area (Å²) in [5.74, 6) is 8.01. The third-order valence-corrected chi connectivity index (χ3v) is 12.5. The molecule has 4 amide bonds. The van der Waals surface area contributed by atoms with Crippen molar-refractivity contribution in [2.45, 2.75) is 126 Å². The zero-order valence-electron chi connectivity index (χ0n) is 33.1. The van der Waals surface area contributed by atoms with Gasteiger partial charge in [0.1, 0.15) is 30.9 Å². The van der Waals surface area contributed by atoms with Crippen LogP contribution in [0, 0.1) is 29.8 Å². The fourth-order valence-corrected chi connectivity index (χ4v) is 9.23. The SMILES string of the molecule is CN[C@@H](C)C(=O)N[C@H](C(=O)N1CCC[C@H]1C(=O)N[C@H]1c2ccccc2C[C@H]1OC#CC#CCO[C@@H]1Cc2ccccc2[C@@H]1NC(=O)[C@@H]1CCCN1)C1CCCCC1. The molecule has 0 bridgehead atoms. The van der Waals surface area contributed by atoms with Gasteiger partial charge in [-0.15, -0.1) is 0 Å². The molecule has 12 heteroatoms. The first-order valence-electron chi connectivity index (χ1n) is 20.8. The van der Waals surface area contributed by atoms with Crippen molar-refractivity contribution in [1.82, 2.24) is 31.5 Å². The van der Waals surface area contributed by atoms with Gasteiger partial charge in [-0.3, -0.25) is 19.2 Å². The number of benzene rings is 2. The molecule has 0 radical (unpaired) electrons. The van der Waals surface area contributed by atoms with Gasteiger partial charge in [-0.1, -0.05) is 73.7 Å². The number of carbonyl (C=O) groups is 4. The van der Waals surface area contributed by atoms with Crippen LogP contribution in [0.2, 0.25) is 0 Å². The number of hydrogen-bond donors (Lipinski definition) is 5. The van der Waals surface area contributed by atoms with Crippen LogP contribution in [0.1, 0.15) is 99.0 Å². The van der Waals surface area contributed by atoms with E-state index in [9.17, 15) is 19.2 Å². The lowest BCUT2D eigenvalue weighted by Crippen LogP contribution is -2.58. The lowest BCUT2D eigenvalue weighted by molar-refractivity contribution is -0.143. The van der Waals surface area contributed by atoms with E-state index in [2.05, 4.69) is 56.5 Å². The lowest BCUT2D eigenvalue weighted by Gasteiger charge is -2.35. The Bertz CT molecular complexity index is 1900.